The molecule has 0 bridgehead atoms. The quantitative estimate of drug-likeness (QED) is 0.774. The topological polar surface area (TPSA) is 69.6 Å². The number of pyridine rings is 2. The minimum Gasteiger partial charge on any atom is -0.369 e. The largest absolute Gasteiger partial charge is 0.369 e. The zero-order valence-corrected chi connectivity index (χ0v) is 10.7. The number of imidazole rings is 1. The first-order valence-corrected chi connectivity index (χ1v) is 6.22. The summed E-state index contributed by atoms with van der Waals surface area (Å²) in [6, 6.07) is 7.90. The van der Waals surface area contributed by atoms with E-state index in [4.69, 9.17) is 5.73 Å². The van der Waals surface area contributed by atoms with Crippen LogP contribution in [0.15, 0.2) is 36.7 Å². The highest BCUT2D eigenvalue weighted by Gasteiger charge is 2.09. The monoisotopic (exact) mass is 253 g/mol. The molecule has 0 fully saturated rings. The van der Waals surface area contributed by atoms with E-state index in [-0.39, 0.29) is 0 Å². The summed E-state index contributed by atoms with van der Waals surface area (Å²) in [4.78, 5) is 13.1. The van der Waals surface area contributed by atoms with Crippen molar-refractivity contribution in [1.29, 1.82) is 0 Å². The van der Waals surface area contributed by atoms with E-state index in [9.17, 15) is 0 Å². The van der Waals surface area contributed by atoms with E-state index in [2.05, 4.69) is 15.0 Å². The standard InChI is InChI=1S/C14H15N5/c1-10-8-12-13(17-9-10)19(14(15)18-12)7-5-11-4-2-3-6-16-11/h2-4,6,8-9H,5,7H2,1H3,(H2,15,18). The van der Waals surface area contributed by atoms with Crippen molar-refractivity contribution >= 4 is 17.1 Å². The van der Waals surface area contributed by atoms with Gasteiger partial charge in [-0.05, 0) is 30.7 Å². The van der Waals surface area contributed by atoms with Crippen LogP contribution in [0, 0.1) is 6.92 Å². The molecule has 3 aromatic heterocycles. The Morgan fingerprint density at radius 3 is 2.95 bits per heavy atom. The normalized spacial score (nSPS) is 11.0. The SMILES string of the molecule is Cc1cnc2c(c1)nc(N)n2CCc1ccccn1. The molecule has 0 aromatic carbocycles. The lowest BCUT2D eigenvalue weighted by Gasteiger charge is -2.05. The molecule has 0 amide bonds. The van der Waals surface area contributed by atoms with Crippen molar-refractivity contribution in [1.82, 2.24) is 19.5 Å². The van der Waals surface area contributed by atoms with Crippen LogP contribution in [0.2, 0.25) is 0 Å². The second kappa shape index (κ2) is 4.68. The predicted molar refractivity (Wildman–Crippen MR) is 74.6 cm³/mol. The van der Waals surface area contributed by atoms with Gasteiger partial charge < -0.3 is 5.73 Å². The van der Waals surface area contributed by atoms with Gasteiger partial charge in [0.1, 0.15) is 5.52 Å². The highest BCUT2D eigenvalue weighted by Crippen LogP contribution is 2.17. The molecule has 96 valence electrons. The Balaban J connectivity index is 1.90. The van der Waals surface area contributed by atoms with Crippen molar-refractivity contribution in [3.05, 3.63) is 47.9 Å². The summed E-state index contributed by atoms with van der Waals surface area (Å²) in [6.07, 6.45) is 4.44. The summed E-state index contributed by atoms with van der Waals surface area (Å²) in [5.41, 5.74) is 9.76. The smallest absolute Gasteiger partial charge is 0.202 e. The van der Waals surface area contributed by atoms with Crippen LogP contribution in [0.1, 0.15) is 11.3 Å². The van der Waals surface area contributed by atoms with E-state index >= 15 is 0 Å². The number of hydrogen-bond acceptors (Lipinski definition) is 4. The van der Waals surface area contributed by atoms with Gasteiger partial charge in [0, 0.05) is 31.1 Å². The lowest BCUT2D eigenvalue weighted by atomic mass is 10.2. The highest BCUT2D eigenvalue weighted by atomic mass is 15.2. The van der Waals surface area contributed by atoms with Gasteiger partial charge in [0.25, 0.3) is 0 Å². The number of aryl methyl sites for hydroxylation is 3. The van der Waals surface area contributed by atoms with Crippen LogP contribution >= 0.6 is 0 Å². The van der Waals surface area contributed by atoms with E-state index in [1.165, 1.54) is 0 Å². The van der Waals surface area contributed by atoms with Crippen LogP contribution in [-0.2, 0) is 13.0 Å². The van der Waals surface area contributed by atoms with Crippen LogP contribution < -0.4 is 5.73 Å². The van der Waals surface area contributed by atoms with E-state index in [1.807, 2.05) is 42.0 Å². The number of nitrogens with zero attached hydrogens (tertiary/aromatic N) is 4. The molecule has 3 heterocycles. The molecular weight excluding hydrogens is 238 g/mol. The average Bonchev–Trinajstić information content (AvgIpc) is 2.72. The Labute approximate surface area is 111 Å². The van der Waals surface area contributed by atoms with Gasteiger partial charge in [0.2, 0.25) is 5.95 Å². The van der Waals surface area contributed by atoms with Gasteiger partial charge in [0.05, 0.1) is 0 Å². The van der Waals surface area contributed by atoms with Crippen LogP contribution in [-0.4, -0.2) is 19.5 Å². The average molecular weight is 253 g/mol. The lowest BCUT2D eigenvalue weighted by molar-refractivity contribution is 0.707. The van der Waals surface area contributed by atoms with E-state index in [1.54, 1.807) is 6.20 Å². The third kappa shape index (κ3) is 2.27. The molecule has 19 heavy (non-hydrogen) atoms. The minimum absolute atomic E-state index is 0.504. The molecule has 0 atom stereocenters. The van der Waals surface area contributed by atoms with E-state index < -0.39 is 0 Å². The Kier molecular flexibility index (Phi) is 2.87. The van der Waals surface area contributed by atoms with Gasteiger partial charge in [0.15, 0.2) is 5.65 Å². The van der Waals surface area contributed by atoms with Crippen LogP contribution in [0.5, 0.6) is 0 Å². The van der Waals surface area contributed by atoms with Gasteiger partial charge in [-0.3, -0.25) is 9.55 Å². The molecule has 0 saturated carbocycles. The number of hydrogen-bond donors (Lipinski definition) is 1. The summed E-state index contributed by atoms with van der Waals surface area (Å²) in [7, 11) is 0. The molecule has 0 aliphatic carbocycles. The van der Waals surface area contributed by atoms with Crippen LogP contribution in [0.25, 0.3) is 11.2 Å². The minimum atomic E-state index is 0.504. The lowest BCUT2D eigenvalue weighted by Crippen LogP contribution is -2.07. The van der Waals surface area contributed by atoms with Crippen molar-refractivity contribution in [2.45, 2.75) is 19.9 Å². The van der Waals surface area contributed by atoms with Crippen molar-refractivity contribution < 1.29 is 0 Å². The van der Waals surface area contributed by atoms with Crippen molar-refractivity contribution in [3.63, 3.8) is 0 Å². The van der Waals surface area contributed by atoms with E-state index in [0.717, 1.165) is 35.4 Å². The maximum Gasteiger partial charge on any atom is 0.202 e. The van der Waals surface area contributed by atoms with Gasteiger partial charge in [-0.15, -0.1) is 0 Å². The number of rotatable bonds is 3. The fraction of sp³-hybridized carbons (Fsp3) is 0.214. The first-order valence-electron chi connectivity index (χ1n) is 6.22. The summed E-state index contributed by atoms with van der Waals surface area (Å²) in [5.74, 6) is 0.504. The third-order valence-electron chi connectivity index (χ3n) is 3.07. The summed E-state index contributed by atoms with van der Waals surface area (Å²) in [5, 5.41) is 0. The highest BCUT2D eigenvalue weighted by molar-refractivity contribution is 5.74. The number of nitrogens with two attached hydrogens (primary N) is 1. The zero-order chi connectivity index (χ0) is 13.2. The number of anilines is 1. The molecule has 0 radical (unpaired) electrons. The molecule has 0 aliphatic rings. The van der Waals surface area contributed by atoms with Gasteiger partial charge in [-0.25, -0.2) is 9.97 Å². The summed E-state index contributed by atoms with van der Waals surface area (Å²) in [6.45, 7) is 2.73. The molecule has 3 rings (SSSR count). The predicted octanol–water partition coefficient (Wildman–Crippen LogP) is 1.96. The first kappa shape index (κ1) is 11.6. The molecule has 5 heteroatoms. The maximum atomic E-state index is 5.96. The van der Waals surface area contributed by atoms with Crippen LogP contribution in [0.4, 0.5) is 5.95 Å². The molecular formula is C14H15N5. The molecule has 0 aliphatic heterocycles. The van der Waals surface area contributed by atoms with Gasteiger partial charge in [-0.2, -0.15) is 0 Å². The van der Waals surface area contributed by atoms with Crippen molar-refractivity contribution in [3.8, 4) is 0 Å². The summed E-state index contributed by atoms with van der Waals surface area (Å²) < 4.78 is 1.93. The second-order valence-electron chi connectivity index (χ2n) is 4.55. The number of fused-ring (bicyclic) bond motifs is 1. The Hall–Kier alpha value is -2.43. The van der Waals surface area contributed by atoms with Gasteiger partial charge in [-0.1, -0.05) is 6.07 Å². The second-order valence-corrected chi connectivity index (χ2v) is 4.55. The Morgan fingerprint density at radius 1 is 1.26 bits per heavy atom. The molecule has 0 unspecified atom stereocenters. The fourth-order valence-corrected chi connectivity index (χ4v) is 2.12. The van der Waals surface area contributed by atoms with Crippen LogP contribution in [0.3, 0.4) is 0 Å². The van der Waals surface area contributed by atoms with Crippen molar-refractivity contribution in [2.24, 2.45) is 0 Å². The molecule has 3 aromatic rings. The molecule has 0 spiro atoms. The van der Waals surface area contributed by atoms with E-state index in [0.29, 0.717) is 5.95 Å². The molecule has 2 N–H and O–H groups in total. The number of aromatic nitrogens is 4. The number of nitrogen functional groups attached to an aromatic ring is 1. The first-order chi connectivity index (χ1) is 9.24. The molecule has 0 saturated heterocycles. The van der Waals surface area contributed by atoms with Gasteiger partial charge >= 0.3 is 0 Å². The summed E-state index contributed by atoms with van der Waals surface area (Å²) >= 11 is 0. The third-order valence-corrected chi connectivity index (χ3v) is 3.07. The molecule has 5 nitrogen and oxygen atoms in total. The zero-order valence-electron chi connectivity index (χ0n) is 10.7. The Bertz CT molecular complexity index is 702. The van der Waals surface area contributed by atoms with Crippen molar-refractivity contribution in [2.75, 3.05) is 5.73 Å². The maximum absolute atomic E-state index is 5.96. The Morgan fingerprint density at radius 2 is 2.16 bits per heavy atom. The fourth-order valence-electron chi connectivity index (χ4n) is 2.12.